The van der Waals surface area contributed by atoms with E-state index in [0.29, 0.717) is 17.4 Å². The van der Waals surface area contributed by atoms with Crippen molar-refractivity contribution in [3.8, 4) is 0 Å². The van der Waals surface area contributed by atoms with Gasteiger partial charge in [0.15, 0.2) is 5.13 Å². The van der Waals surface area contributed by atoms with Crippen LogP contribution in [0, 0.1) is 5.82 Å². The third-order valence-electron chi connectivity index (χ3n) is 2.83. The van der Waals surface area contributed by atoms with Crippen molar-refractivity contribution in [2.75, 3.05) is 17.2 Å². The number of thiazole rings is 1. The van der Waals surface area contributed by atoms with Gasteiger partial charge >= 0.3 is 0 Å². The van der Waals surface area contributed by atoms with E-state index in [-0.39, 0.29) is 11.6 Å². The molecule has 112 valence electrons. The molecule has 21 heavy (non-hydrogen) atoms. The largest absolute Gasteiger partial charge is 0.396 e. The third-order valence-corrected chi connectivity index (χ3v) is 4.77. The Hall–Kier alpha value is -1.60. The number of nitrogens with zero attached hydrogens (tertiary/aromatic N) is 2. The summed E-state index contributed by atoms with van der Waals surface area (Å²) in [5, 5.41) is 2.62. The number of anilines is 2. The standard InChI is InChI=1S/C14H16FN3OS2/c1-3-18(9(2)19)14-17-10(8-21-14)7-20-11-4-5-13(16)12(15)6-11/h4-6,8H,3,7,16H2,1-2H3. The van der Waals surface area contributed by atoms with Crippen LogP contribution in [0.2, 0.25) is 0 Å². The summed E-state index contributed by atoms with van der Waals surface area (Å²) >= 11 is 2.92. The summed E-state index contributed by atoms with van der Waals surface area (Å²) in [6.07, 6.45) is 0. The van der Waals surface area contributed by atoms with Crippen LogP contribution in [0.15, 0.2) is 28.5 Å². The lowest BCUT2D eigenvalue weighted by molar-refractivity contribution is -0.116. The fraction of sp³-hybridized carbons (Fsp3) is 0.286. The summed E-state index contributed by atoms with van der Waals surface area (Å²) in [5.74, 6) is 0.189. The number of hydrogen-bond acceptors (Lipinski definition) is 5. The molecule has 0 aliphatic carbocycles. The molecule has 2 rings (SSSR count). The number of rotatable bonds is 5. The maximum absolute atomic E-state index is 13.4. The van der Waals surface area contributed by atoms with E-state index in [1.54, 1.807) is 17.0 Å². The molecule has 0 unspecified atom stereocenters. The average molecular weight is 325 g/mol. The van der Waals surface area contributed by atoms with Crippen LogP contribution in [-0.2, 0) is 10.5 Å². The Kier molecular flexibility index (Phi) is 5.19. The zero-order valence-corrected chi connectivity index (χ0v) is 13.4. The summed E-state index contributed by atoms with van der Waals surface area (Å²) in [6.45, 7) is 4.03. The van der Waals surface area contributed by atoms with E-state index in [4.69, 9.17) is 5.73 Å². The highest BCUT2D eigenvalue weighted by Gasteiger charge is 2.13. The number of nitrogen functional groups attached to an aromatic ring is 1. The molecule has 1 aromatic heterocycles. The first-order valence-corrected chi connectivity index (χ1v) is 8.28. The van der Waals surface area contributed by atoms with Gasteiger partial charge in [-0.3, -0.25) is 9.69 Å². The van der Waals surface area contributed by atoms with Crippen LogP contribution in [0.5, 0.6) is 0 Å². The first-order chi connectivity index (χ1) is 10.0. The van der Waals surface area contributed by atoms with Crippen LogP contribution in [0.1, 0.15) is 19.5 Å². The minimum atomic E-state index is -0.410. The molecule has 1 aromatic carbocycles. The highest BCUT2D eigenvalue weighted by Crippen LogP contribution is 2.28. The monoisotopic (exact) mass is 325 g/mol. The van der Waals surface area contributed by atoms with E-state index >= 15 is 0 Å². The molecule has 0 bridgehead atoms. The Balaban J connectivity index is 2.02. The molecule has 2 aromatic rings. The number of thioether (sulfide) groups is 1. The first kappa shape index (κ1) is 15.8. The number of hydrogen-bond donors (Lipinski definition) is 1. The quantitative estimate of drug-likeness (QED) is 0.675. The predicted molar refractivity (Wildman–Crippen MR) is 86.2 cm³/mol. The molecule has 2 N–H and O–H groups in total. The van der Waals surface area contributed by atoms with E-state index in [0.717, 1.165) is 10.6 Å². The molecule has 0 spiro atoms. The number of carbonyl (C=O) groups is 1. The molecule has 7 heteroatoms. The van der Waals surface area contributed by atoms with Crippen LogP contribution in [-0.4, -0.2) is 17.4 Å². The van der Waals surface area contributed by atoms with E-state index in [1.807, 2.05) is 12.3 Å². The Bertz CT molecular complexity index is 645. The lowest BCUT2D eigenvalue weighted by atomic mass is 10.3. The highest BCUT2D eigenvalue weighted by atomic mass is 32.2. The van der Waals surface area contributed by atoms with E-state index in [1.165, 1.54) is 36.1 Å². The van der Waals surface area contributed by atoms with Crippen molar-refractivity contribution in [1.82, 2.24) is 4.98 Å². The van der Waals surface area contributed by atoms with Gasteiger partial charge in [-0.25, -0.2) is 9.37 Å². The smallest absolute Gasteiger partial charge is 0.225 e. The number of amides is 1. The van der Waals surface area contributed by atoms with Crippen LogP contribution < -0.4 is 10.6 Å². The molecule has 0 aliphatic rings. The number of halogens is 1. The summed E-state index contributed by atoms with van der Waals surface area (Å²) in [5.41, 5.74) is 6.46. The van der Waals surface area contributed by atoms with Gasteiger partial charge in [0.1, 0.15) is 5.82 Å². The van der Waals surface area contributed by atoms with Gasteiger partial charge in [-0.15, -0.1) is 23.1 Å². The molecule has 0 aliphatic heterocycles. The fourth-order valence-electron chi connectivity index (χ4n) is 1.73. The Labute approximate surface area is 131 Å². The van der Waals surface area contributed by atoms with Crippen LogP contribution in [0.25, 0.3) is 0 Å². The minimum Gasteiger partial charge on any atom is -0.396 e. The van der Waals surface area contributed by atoms with Gasteiger partial charge in [-0.1, -0.05) is 0 Å². The fourth-order valence-corrected chi connectivity index (χ4v) is 3.59. The van der Waals surface area contributed by atoms with Gasteiger partial charge in [-0.2, -0.15) is 0 Å². The molecule has 0 radical (unpaired) electrons. The van der Waals surface area contributed by atoms with Crippen molar-refractivity contribution >= 4 is 39.8 Å². The van der Waals surface area contributed by atoms with Crippen LogP contribution in [0.3, 0.4) is 0 Å². The van der Waals surface area contributed by atoms with Gasteiger partial charge < -0.3 is 5.73 Å². The predicted octanol–water partition coefficient (Wildman–Crippen LogP) is 3.53. The molecule has 0 saturated carbocycles. The summed E-state index contributed by atoms with van der Waals surface area (Å²) in [4.78, 5) is 18.3. The second-order valence-electron chi connectivity index (χ2n) is 4.36. The summed E-state index contributed by atoms with van der Waals surface area (Å²) in [6, 6.07) is 4.75. The SMILES string of the molecule is CCN(C(C)=O)c1nc(CSc2ccc(N)c(F)c2)cs1. The third kappa shape index (κ3) is 3.95. The van der Waals surface area contributed by atoms with Crippen molar-refractivity contribution in [2.24, 2.45) is 0 Å². The second kappa shape index (κ2) is 6.91. The number of benzene rings is 1. The van der Waals surface area contributed by atoms with Crippen LogP contribution in [0.4, 0.5) is 15.2 Å². The average Bonchev–Trinajstić information content (AvgIpc) is 2.89. The second-order valence-corrected chi connectivity index (χ2v) is 6.24. The van der Waals surface area contributed by atoms with Gasteiger partial charge in [0.05, 0.1) is 11.4 Å². The molecular formula is C14H16FN3OS2. The summed E-state index contributed by atoms with van der Waals surface area (Å²) < 4.78 is 13.4. The first-order valence-electron chi connectivity index (χ1n) is 6.41. The van der Waals surface area contributed by atoms with Crippen LogP contribution >= 0.6 is 23.1 Å². The molecular weight excluding hydrogens is 309 g/mol. The van der Waals surface area contributed by atoms with Gasteiger partial charge in [-0.05, 0) is 25.1 Å². The number of aromatic nitrogens is 1. The maximum Gasteiger partial charge on any atom is 0.225 e. The maximum atomic E-state index is 13.4. The van der Waals surface area contributed by atoms with E-state index in [9.17, 15) is 9.18 Å². The van der Waals surface area contributed by atoms with Crippen molar-refractivity contribution < 1.29 is 9.18 Å². The van der Waals surface area contributed by atoms with Gasteiger partial charge in [0.25, 0.3) is 0 Å². The van der Waals surface area contributed by atoms with Gasteiger partial charge in [0.2, 0.25) is 5.91 Å². The lowest BCUT2D eigenvalue weighted by Gasteiger charge is -2.14. The van der Waals surface area contributed by atoms with Crippen molar-refractivity contribution in [2.45, 2.75) is 24.5 Å². The van der Waals surface area contributed by atoms with E-state index < -0.39 is 5.82 Å². The summed E-state index contributed by atoms with van der Waals surface area (Å²) in [7, 11) is 0. The van der Waals surface area contributed by atoms with Gasteiger partial charge in [0, 0.05) is 29.5 Å². The Morgan fingerprint density at radius 2 is 2.29 bits per heavy atom. The highest BCUT2D eigenvalue weighted by molar-refractivity contribution is 7.98. The lowest BCUT2D eigenvalue weighted by Crippen LogP contribution is -2.27. The zero-order valence-electron chi connectivity index (χ0n) is 11.8. The van der Waals surface area contributed by atoms with Crippen molar-refractivity contribution in [3.05, 3.63) is 35.1 Å². The van der Waals surface area contributed by atoms with Crippen molar-refractivity contribution in [1.29, 1.82) is 0 Å². The molecule has 1 heterocycles. The number of nitrogens with two attached hydrogens (primary N) is 1. The number of carbonyl (C=O) groups excluding carboxylic acids is 1. The normalized spacial score (nSPS) is 10.6. The minimum absolute atomic E-state index is 0.0216. The zero-order chi connectivity index (χ0) is 15.4. The topological polar surface area (TPSA) is 59.2 Å². The van der Waals surface area contributed by atoms with Crippen molar-refractivity contribution in [3.63, 3.8) is 0 Å². The Morgan fingerprint density at radius 1 is 1.52 bits per heavy atom. The molecule has 0 fully saturated rings. The molecule has 0 atom stereocenters. The van der Waals surface area contributed by atoms with E-state index in [2.05, 4.69) is 4.98 Å². The molecule has 4 nitrogen and oxygen atoms in total. The Morgan fingerprint density at radius 3 is 2.90 bits per heavy atom. The molecule has 0 saturated heterocycles. The molecule has 1 amide bonds.